The number of aliphatic carboxylic acids is 1. The van der Waals surface area contributed by atoms with Crippen LogP contribution in [0.5, 0.6) is 17.2 Å². The molecule has 0 aromatic heterocycles. The summed E-state index contributed by atoms with van der Waals surface area (Å²) >= 11 is 0. The number of rotatable bonds is 15. The molecule has 0 saturated heterocycles. The van der Waals surface area contributed by atoms with Crippen molar-refractivity contribution in [1.29, 1.82) is 0 Å². The summed E-state index contributed by atoms with van der Waals surface area (Å²) in [6.07, 6.45) is 8.26. The van der Waals surface area contributed by atoms with Crippen LogP contribution in [0.15, 0.2) is 78.9 Å². The minimum absolute atomic E-state index is 0.0459. The van der Waals surface area contributed by atoms with Crippen molar-refractivity contribution in [3.63, 3.8) is 0 Å². The molecule has 0 bridgehead atoms. The Morgan fingerprint density at radius 1 is 0.837 bits per heavy atom. The molecular weight excluding hydrogens is 550 g/mol. The number of nitrogens with one attached hydrogen (secondary N) is 1. The Morgan fingerprint density at radius 3 is 2.30 bits per heavy atom. The summed E-state index contributed by atoms with van der Waals surface area (Å²) in [6, 6.07) is 21.2. The summed E-state index contributed by atoms with van der Waals surface area (Å²) in [5, 5.41) is 21.6. The van der Waals surface area contributed by atoms with Crippen molar-refractivity contribution in [2.24, 2.45) is 5.92 Å². The van der Waals surface area contributed by atoms with Crippen LogP contribution >= 0.6 is 0 Å². The van der Waals surface area contributed by atoms with Gasteiger partial charge in [0.2, 0.25) is 0 Å². The van der Waals surface area contributed by atoms with Crippen molar-refractivity contribution in [2.75, 3.05) is 19.8 Å². The molecule has 1 aliphatic rings. The van der Waals surface area contributed by atoms with Gasteiger partial charge in [-0.3, -0.25) is 9.59 Å². The second-order valence-electron chi connectivity index (χ2n) is 10.4. The van der Waals surface area contributed by atoms with Crippen LogP contribution in [0.1, 0.15) is 64.8 Å². The normalized spacial score (nSPS) is 16.4. The molecular formula is C34H37NO8. The molecule has 1 amide bonds. The fourth-order valence-corrected chi connectivity index (χ4v) is 4.89. The van der Waals surface area contributed by atoms with Crippen molar-refractivity contribution >= 4 is 23.9 Å². The van der Waals surface area contributed by atoms with Gasteiger partial charge in [0, 0.05) is 6.04 Å². The van der Waals surface area contributed by atoms with E-state index in [4.69, 9.17) is 14.2 Å². The number of amides is 1. The summed E-state index contributed by atoms with van der Waals surface area (Å²) < 4.78 is 17.3. The van der Waals surface area contributed by atoms with Gasteiger partial charge >= 0.3 is 11.9 Å². The predicted molar refractivity (Wildman–Crippen MR) is 162 cm³/mol. The van der Waals surface area contributed by atoms with Gasteiger partial charge < -0.3 is 29.7 Å². The average molecular weight is 588 g/mol. The van der Waals surface area contributed by atoms with Gasteiger partial charge in [-0.25, -0.2) is 4.79 Å². The Bertz CT molecular complexity index is 1390. The van der Waals surface area contributed by atoms with Gasteiger partial charge in [0.15, 0.2) is 0 Å². The third-order valence-corrected chi connectivity index (χ3v) is 7.16. The molecule has 3 aromatic carbocycles. The number of aromatic carboxylic acids is 1. The summed E-state index contributed by atoms with van der Waals surface area (Å²) in [7, 11) is 0. The number of hydrogen-bond donors (Lipinski definition) is 3. The van der Waals surface area contributed by atoms with Crippen LogP contribution in [0.2, 0.25) is 0 Å². The zero-order valence-electron chi connectivity index (χ0n) is 23.9. The largest absolute Gasteiger partial charge is 0.494 e. The molecule has 9 heteroatoms. The Labute approximate surface area is 251 Å². The maximum atomic E-state index is 13.1. The molecule has 1 fully saturated rings. The van der Waals surface area contributed by atoms with E-state index < -0.39 is 23.8 Å². The maximum absolute atomic E-state index is 13.1. The summed E-state index contributed by atoms with van der Waals surface area (Å²) in [4.78, 5) is 36.0. The Morgan fingerprint density at radius 2 is 1.56 bits per heavy atom. The number of carbonyl (C=O) groups excluding carboxylic acids is 1. The molecule has 4 rings (SSSR count). The Balaban J connectivity index is 1.23. The third-order valence-electron chi connectivity index (χ3n) is 7.16. The quantitative estimate of drug-likeness (QED) is 0.182. The van der Waals surface area contributed by atoms with Crippen LogP contribution in [0.25, 0.3) is 6.08 Å². The first-order valence-electron chi connectivity index (χ1n) is 14.5. The minimum Gasteiger partial charge on any atom is -0.494 e. The summed E-state index contributed by atoms with van der Waals surface area (Å²) in [5.74, 6) is -1.27. The molecule has 2 unspecified atom stereocenters. The van der Waals surface area contributed by atoms with Crippen molar-refractivity contribution in [3.05, 3.63) is 95.6 Å². The van der Waals surface area contributed by atoms with Crippen LogP contribution in [0, 0.1) is 5.92 Å². The first kappa shape index (κ1) is 31.2. The van der Waals surface area contributed by atoms with Gasteiger partial charge in [-0.15, -0.1) is 0 Å². The summed E-state index contributed by atoms with van der Waals surface area (Å²) in [6.45, 7) is 0.998. The van der Waals surface area contributed by atoms with Gasteiger partial charge in [0.1, 0.15) is 30.5 Å². The van der Waals surface area contributed by atoms with Crippen molar-refractivity contribution in [3.8, 4) is 17.2 Å². The molecule has 0 heterocycles. The molecule has 43 heavy (non-hydrogen) atoms. The molecule has 3 aromatic rings. The van der Waals surface area contributed by atoms with Gasteiger partial charge in [0.05, 0.1) is 23.7 Å². The first-order chi connectivity index (χ1) is 20.9. The van der Waals surface area contributed by atoms with E-state index in [0.717, 1.165) is 24.2 Å². The maximum Gasteiger partial charge on any atom is 0.335 e. The van der Waals surface area contributed by atoms with Crippen molar-refractivity contribution in [2.45, 2.75) is 44.6 Å². The molecule has 226 valence electrons. The minimum atomic E-state index is -1.16. The highest BCUT2D eigenvalue weighted by molar-refractivity contribution is 6.00. The van der Waals surface area contributed by atoms with Gasteiger partial charge in [0.25, 0.3) is 5.91 Å². The van der Waals surface area contributed by atoms with Crippen LogP contribution in [-0.4, -0.2) is 53.9 Å². The topological polar surface area (TPSA) is 131 Å². The second kappa shape index (κ2) is 16.0. The molecule has 0 spiro atoms. The van der Waals surface area contributed by atoms with E-state index in [0.29, 0.717) is 38.0 Å². The number of ether oxygens (including phenoxy) is 3. The zero-order valence-corrected chi connectivity index (χ0v) is 23.9. The fraction of sp³-hybridized carbons (Fsp3) is 0.324. The summed E-state index contributed by atoms with van der Waals surface area (Å²) in [5.41, 5.74) is 1.09. The monoisotopic (exact) mass is 587 g/mol. The Hall–Kier alpha value is -4.79. The van der Waals surface area contributed by atoms with Crippen molar-refractivity contribution in [1.82, 2.24) is 5.32 Å². The number of carbonyl (C=O) groups is 3. The molecule has 2 atom stereocenters. The number of allylic oxidation sites excluding steroid dienone is 1. The lowest BCUT2D eigenvalue weighted by Crippen LogP contribution is -2.40. The third kappa shape index (κ3) is 9.92. The second-order valence-corrected chi connectivity index (χ2v) is 10.4. The molecule has 9 nitrogen and oxygen atoms in total. The molecule has 0 radical (unpaired) electrons. The standard InChI is InChI=1S/C34H37NO8/c36-32(35-27-10-7-9-25(22-27)33(37)38)30-23-26(34(39)40)15-18-31(30)43-21-20-42-29-16-13-24(14-17-29)8-3-2-6-19-41-28-11-4-1-5-12-28/h1,3-5,8,11-18,23,25,27H,2,6-7,9-10,19-22H2,(H,35,36)(H,37,38)(H,39,40). The Kier molecular flexibility index (Phi) is 11.6. The smallest absolute Gasteiger partial charge is 0.335 e. The van der Waals surface area contributed by atoms with Crippen LogP contribution in [0.4, 0.5) is 0 Å². The van der Waals surface area contributed by atoms with E-state index in [1.54, 1.807) is 0 Å². The zero-order chi connectivity index (χ0) is 30.4. The highest BCUT2D eigenvalue weighted by atomic mass is 16.5. The average Bonchev–Trinajstić information content (AvgIpc) is 3.02. The predicted octanol–water partition coefficient (Wildman–Crippen LogP) is 6.09. The van der Waals surface area contributed by atoms with Gasteiger partial charge in [-0.2, -0.15) is 0 Å². The highest BCUT2D eigenvalue weighted by Crippen LogP contribution is 2.26. The van der Waals surface area contributed by atoms with E-state index in [1.807, 2.05) is 54.6 Å². The number of carboxylic acid groups (broad SMARTS) is 2. The van der Waals surface area contributed by atoms with Crippen molar-refractivity contribution < 1.29 is 38.8 Å². The first-order valence-corrected chi connectivity index (χ1v) is 14.5. The number of carboxylic acids is 2. The SMILES string of the molecule is O=C(O)c1ccc(OCCOc2ccc(C=CCCCOc3ccccc3)cc2)c(C(=O)NC2CCCC(C(=O)O)C2)c1. The number of unbranched alkanes of at least 4 members (excludes halogenated alkanes) is 1. The number of benzene rings is 3. The number of para-hydroxylation sites is 1. The van der Waals surface area contributed by atoms with E-state index >= 15 is 0 Å². The van der Waals surface area contributed by atoms with Gasteiger partial charge in [-0.1, -0.05) is 48.9 Å². The lowest BCUT2D eigenvalue weighted by atomic mass is 9.85. The molecule has 1 aliphatic carbocycles. The lowest BCUT2D eigenvalue weighted by molar-refractivity contribution is -0.143. The lowest BCUT2D eigenvalue weighted by Gasteiger charge is -2.27. The van der Waals surface area contributed by atoms with Gasteiger partial charge in [-0.05, 0) is 80.1 Å². The molecule has 3 N–H and O–H groups in total. The molecule has 0 aliphatic heterocycles. The fourth-order valence-electron chi connectivity index (χ4n) is 4.89. The van der Waals surface area contributed by atoms with Crippen LogP contribution in [0.3, 0.4) is 0 Å². The highest BCUT2D eigenvalue weighted by Gasteiger charge is 2.29. The molecule has 1 saturated carbocycles. The van der Waals surface area contributed by atoms with E-state index in [1.165, 1.54) is 18.2 Å². The van der Waals surface area contributed by atoms with Crippen LogP contribution < -0.4 is 19.5 Å². The van der Waals surface area contributed by atoms with Crippen LogP contribution in [-0.2, 0) is 4.79 Å². The van der Waals surface area contributed by atoms with E-state index in [9.17, 15) is 24.6 Å². The van der Waals surface area contributed by atoms with E-state index in [2.05, 4.69) is 17.5 Å². The number of hydrogen-bond acceptors (Lipinski definition) is 6. The van der Waals surface area contributed by atoms with E-state index in [-0.39, 0.29) is 36.1 Å².